The van der Waals surface area contributed by atoms with E-state index in [1.165, 1.54) is 0 Å². The summed E-state index contributed by atoms with van der Waals surface area (Å²) < 4.78 is 43.2. The minimum absolute atomic E-state index is 0.249. The van der Waals surface area contributed by atoms with Gasteiger partial charge in [-0.15, -0.1) is 0 Å². The molecule has 1 unspecified atom stereocenters. The van der Waals surface area contributed by atoms with Crippen molar-refractivity contribution in [3.05, 3.63) is 0 Å². The van der Waals surface area contributed by atoms with E-state index in [0.29, 0.717) is 0 Å². The zero-order valence-electron chi connectivity index (χ0n) is 15.1. The highest BCUT2D eigenvalue weighted by Crippen LogP contribution is 2.57. The summed E-state index contributed by atoms with van der Waals surface area (Å²) in [5, 5.41) is 0. The summed E-state index contributed by atoms with van der Waals surface area (Å²) in [7, 11) is -10.4. The van der Waals surface area contributed by atoms with Gasteiger partial charge in [0.2, 0.25) is 0 Å². The molecule has 0 saturated carbocycles. The van der Waals surface area contributed by atoms with Crippen molar-refractivity contribution in [2.75, 3.05) is 26.4 Å². The van der Waals surface area contributed by atoms with Gasteiger partial charge in [-0.2, -0.15) is 4.31 Å². The molecule has 28 heavy (non-hydrogen) atoms. The normalized spacial score (nSPS) is 13.9. The first-order valence-corrected chi connectivity index (χ1v) is 10.4. The second kappa shape index (κ2) is 11.4. The standard InChI is InChI=1S/C11H22N2O13P2/c1-11(2,3)25-10(16)13-12-8(14)6-22-4-5-23-9(15)7-24-28(20,21)26-27(17,18)19/h4-7H2,1-3H3,(H,12,14)(H,13,16)(H,20,21)(H2,17,18,19). The van der Waals surface area contributed by atoms with E-state index in [1.807, 2.05) is 10.9 Å². The van der Waals surface area contributed by atoms with Crippen molar-refractivity contribution >= 4 is 33.6 Å². The Hall–Kier alpha value is -1.57. The van der Waals surface area contributed by atoms with Crippen molar-refractivity contribution in [2.24, 2.45) is 0 Å². The van der Waals surface area contributed by atoms with Crippen LogP contribution in [0.25, 0.3) is 0 Å². The minimum atomic E-state index is -5.29. The molecule has 2 amide bonds. The zero-order chi connectivity index (χ0) is 22.0. The third-order valence-corrected chi connectivity index (χ3v) is 4.11. The number of esters is 1. The molecule has 0 spiro atoms. The van der Waals surface area contributed by atoms with Gasteiger partial charge in [-0.3, -0.25) is 14.7 Å². The molecule has 5 N–H and O–H groups in total. The van der Waals surface area contributed by atoms with Gasteiger partial charge in [0.25, 0.3) is 5.91 Å². The van der Waals surface area contributed by atoms with Gasteiger partial charge in [-0.05, 0) is 20.8 Å². The van der Waals surface area contributed by atoms with Crippen LogP contribution in [0, 0.1) is 0 Å². The van der Waals surface area contributed by atoms with Gasteiger partial charge in [0.15, 0.2) is 6.61 Å². The fraction of sp³-hybridized carbons (Fsp3) is 0.727. The van der Waals surface area contributed by atoms with Gasteiger partial charge in [-0.1, -0.05) is 0 Å². The Kier molecular flexibility index (Phi) is 10.8. The molecule has 0 fully saturated rings. The van der Waals surface area contributed by atoms with Crippen LogP contribution in [0.4, 0.5) is 4.79 Å². The van der Waals surface area contributed by atoms with Crippen LogP contribution in [0.1, 0.15) is 20.8 Å². The maximum absolute atomic E-state index is 11.4. The van der Waals surface area contributed by atoms with Crippen molar-refractivity contribution in [1.82, 2.24) is 10.9 Å². The van der Waals surface area contributed by atoms with Crippen molar-refractivity contribution in [2.45, 2.75) is 26.4 Å². The molecule has 0 aliphatic carbocycles. The van der Waals surface area contributed by atoms with Gasteiger partial charge in [0.05, 0.1) is 6.61 Å². The lowest BCUT2D eigenvalue weighted by atomic mass is 10.2. The summed E-state index contributed by atoms with van der Waals surface area (Å²) in [5.74, 6) is -1.89. The molecule has 0 aliphatic heterocycles. The largest absolute Gasteiger partial charge is 0.481 e. The zero-order valence-corrected chi connectivity index (χ0v) is 16.9. The number of hydrogen-bond acceptors (Lipinski definition) is 10. The van der Waals surface area contributed by atoms with Crippen molar-refractivity contribution in [3.8, 4) is 0 Å². The van der Waals surface area contributed by atoms with Crippen LogP contribution in [-0.2, 0) is 41.8 Å². The number of carbonyl (C=O) groups is 3. The smallest absolute Gasteiger partial charge is 0.462 e. The number of ether oxygens (including phenoxy) is 3. The average molecular weight is 452 g/mol. The highest BCUT2D eigenvalue weighted by Gasteiger charge is 2.33. The second-order valence-corrected chi connectivity index (χ2v) is 8.59. The van der Waals surface area contributed by atoms with Gasteiger partial charge in [-0.25, -0.2) is 24.1 Å². The van der Waals surface area contributed by atoms with Gasteiger partial charge >= 0.3 is 27.7 Å². The van der Waals surface area contributed by atoms with E-state index >= 15 is 0 Å². The van der Waals surface area contributed by atoms with E-state index < -0.39 is 52.4 Å². The monoisotopic (exact) mass is 452 g/mol. The molecule has 0 saturated heterocycles. The topological polar surface area (TPSA) is 216 Å². The molecule has 1 atom stereocenters. The quantitative estimate of drug-likeness (QED) is 0.120. The lowest BCUT2D eigenvalue weighted by Crippen LogP contribution is -2.45. The number of nitrogens with one attached hydrogen (secondary N) is 2. The van der Waals surface area contributed by atoms with E-state index in [2.05, 4.69) is 13.6 Å². The summed E-state index contributed by atoms with van der Waals surface area (Å²) in [6.07, 6.45) is -0.876. The maximum Gasteiger partial charge on any atom is 0.481 e. The van der Waals surface area contributed by atoms with Gasteiger partial charge < -0.3 is 28.9 Å². The molecule has 0 heterocycles. The first kappa shape index (κ1) is 26.4. The van der Waals surface area contributed by atoms with E-state index in [9.17, 15) is 23.5 Å². The van der Waals surface area contributed by atoms with Crippen LogP contribution in [-0.4, -0.2) is 64.7 Å². The summed E-state index contributed by atoms with van der Waals surface area (Å²) >= 11 is 0. The molecule has 17 heteroatoms. The summed E-state index contributed by atoms with van der Waals surface area (Å²) in [4.78, 5) is 59.5. The molecule has 164 valence electrons. The lowest BCUT2D eigenvalue weighted by molar-refractivity contribution is -0.148. The van der Waals surface area contributed by atoms with E-state index in [1.54, 1.807) is 20.8 Å². The third kappa shape index (κ3) is 16.6. The average Bonchev–Trinajstić information content (AvgIpc) is 2.46. The molecule has 0 aromatic rings. The molecular weight excluding hydrogens is 430 g/mol. The summed E-state index contributed by atoms with van der Waals surface area (Å²) in [6.45, 7) is 2.65. The molecule has 0 aromatic heterocycles. The van der Waals surface area contributed by atoms with Crippen LogP contribution in [0.2, 0.25) is 0 Å². The maximum atomic E-state index is 11.4. The first-order chi connectivity index (χ1) is 12.6. The molecule has 0 aliphatic rings. The van der Waals surface area contributed by atoms with Crippen LogP contribution < -0.4 is 10.9 Å². The van der Waals surface area contributed by atoms with Crippen LogP contribution in [0.5, 0.6) is 0 Å². The minimum Gasteiger partial charge on any atom is -0.462 e. The Morgan fingerprint density at radius 2 is 1.57 bits per heavy atom. The summed E-state index contributed by atoms with van der Waals surface area (Å²) in [6, 6.07) is 0. The molecule has 0 radical (unpaired) electrons. The van der Waals surface area contributed by atoms with Crippen LogP contribution in [0.15, 0.2) is 0 Å². The Morgan fingerprint density at radius 1 is 0.964 bits per heavy atom. The number of phosphoric ester groups is 1. The van der Waals surface area contributed by atoms with Crippen LogP contribution in [0.3, 0.4) is 0 Å². The van der Waals surface area contributed by atoms with Crippen molar-refractivity contribution in [1.29, 1.82) is 0 Å². The predicted octanol–water partition coefficient (Wildman–Crippen LogP) is -0.672. The predicted molar refractivity (Wildman–Crippen MR) is 88.2 cm³/mol. The number of carbonyl (C=O) groups excluding carboxylic acids is 3. The van der Waals surface area contributed by atoms with Gasteiger partial charge in [0.1, 0.15) is 18.8 Å². The third-order valence-electron chi connectivity index (χ3n) is 1.98. The fourth-order valence-corrected chi connectivity index (χ4v) is 2.71. The lowest BCUT2D eigenvalue weighted by Gasteiger charge is -2.19. The fourth-order valence-electron chi connectivity index (χ4n) is 1.17. The number of rotatable bonds is 10. The number of phosphoric acid groups is 2. The Labute approximate surface area is 159 Å². The highest BCUT2D eigenvalue weighted by atomic mass is 31.3. The molecule has 15 nitrogen and oxygen atoms in total. The molecule has 0 aromatic carbocycles. The van der Waals surface area contributed by atoms with Crippen molar-refractivity contribution in [3.63, 3.8) is 0 Å². The Bertz CT molecular complexity index is 641. The van der Waals surface area contributed by atoms with E-state index in [-0.39, 0.29) is 13.2 Å². The molecule has 0 bridgehead atoms. The Balaban J connectivity index is 3.86. The van der Waals surface area contributed by atoms with Crippen molar-refractivity contribution < 1.29 is 61.2 Å². The van der Waals surface area contributed by atoms with E-state index in [0.717, 1.165) is 0 Å². The Morgan fingerprint density at radius 3 is 2.11 bits per heavy atom. The summed E-state index contributed by atoms with van der Waals surface area (Å²) in [5.41, 5.74) is 3.25. The van der Waals surface area contributed by atoms with Crippen LogP contribution >= 0.6 is 15.6 Å². The number of hydrazine groups is 1. The number of hydrogen-bond donors (Lipinski definition) is 5. The number of amides is 2. The van der Waals surface area contributed by atoms with Gasteiger partial charge in [0, 0.05) is 0 Å². The molecule has 0 rings (SSSR count). The highest BCUT2D eigenvalue weighted by molar-refractivity contribution is 7.60. The SMILES string of the molecule is CC(C)(C)OC(=O)NNC(=O)COCCOC(=O)COP(=O)(O)OP(=O)(O)O. The molecular formula is C11H22N2O13P2. The first-order valence-electron chi connectivity index (χ1n) is 7.35. The second-order valence-electron chi connectivity index (χ2n) is 5.76. The van der Waals surface area contributed by atoms with E-state index in [4.69, 9.17) is 24.2 Å².